The van der Waals surface area contributed by atoms with Crippen LogP contribution in [0, 0.1) is 0 Å². The van der Waals surface area contributed by atoms with Gasteiger partial charge in [-0.3, -0.25) is 9.68 Å². The molecule has 0 N–H and O–H groups in total. The lowest BCUT2D eigenvalue weighted by Crippen LogP contribution is -2.11. The molecule has 58 valence electrons. The van der Waals surface area contributed by atoms with Crippen molar-refractivity contribution in [1.82, 2.24) is 0 Å². The molecular formula is C5H8O5. The first-order valence-electron chi connectivity index (χ1n) is 2.66. The van der Waals surface area contributed by atoms with Gasteiger partial charge in [-0.05, 0) is 0 Å². The summed E-state index contributed by atoms with van der Waals surface area (Å²) in [4.78, 5) is 28.3. The van der Waals surface area contributed by atoms with Crippen LogP contribution in [0.4, 0.5) is 4.79 Å². The van der Waals surface area contributed by atoms with E-state index in [1.165, 1.54) is 0 Å². The maximum Gasteiger partial charge on any atom is 0.548 e. The highest BCUT2D eigenvalue weighted by Crippen LogP contribution is 1.88. The van der Waals surface area contributed by atoms with Gasteiger partial charge in [0.1, 0.15) is 0 Å². The van der Waals surface area contributed by atoms with Crippen LogP contribution >= 0.6 is 0 Å². The number of ether oxygens (including phenoxy) is 1. The number of esters is 1. The molecule has 0 aliphatic rings. The third kappa shape index (κ3) is 3.85. The number of hydrogen-bond acceptors (Lipinski definition) is 5. The van der Waals surface area contributed by atoms with E-state index in [1.54, 1.807) is 6.92 Å². The Hall–Kier alpha value is -1.10. The molecule has 0 unspecified atom stereocenters. The molecule has 0 aliphatic heterocycles. The quantitative estimate of drug-likeness (QED) is 0.249. The zero-order valence-corrected chi connectivity index (χ0v) is 5.75. The lowest BCUT2D eigenvalue weighted by molar-refractivity contribution is -0.230. The first-order valence-corrected chi connectivity index (χ1v) is 2.66. The highest BCUT2D eigenvalue weighted by Gasteiger charge is 2.08. The van der Waals surface area contributed by atoms with Crippen LogP contribution in [-0.2, 0) is 19.3 Å². The van der Waals surface area contributed by atoms with E-state index in [-0.39, 0.29) is 6.42 Å². The fraction of sp³-hybridized carbons (Fsp3) is 0.600. The van der Waals surface area contributed by atoms with Crippen LogP contribution in [0.1, 0.15) is 13.3 Å². The fourth-order valence-electron chi connectivity index (χ4n) is 0.250. The lowest BCUT2D eigenvalue weighted by atomic mass is 10.5. The third-order valence-corrected chi connectivity index (χ3v) is 0.637. The molecule has 5 nitrogen and oxygen atoms in total. The van der Waals surface area contributed by atoms with Gasteiger partial charge in [0, 0.05) is 6.42 Å². The first kappa shape index (κ1) is 8.90. The maximum absolute atomic E-state index is 10.3. The van der Waals surface area contributed by atoms with Crippen molar-refractivity contribution in [3.63, 3.8) is 0 Å². The second-order valence-electron chi connectivity index (χ2n) is 1.33. The SMILES string of the molecule is CCC(=O)OC(=O)OOC. The largest absolute Gasteiger partial charge is 0.548 e. The Morgan fingerprint density at radius 3 is 2.40 bits per heavy atom. The Morgan fingerprint density at radius 1 is 1.40 bits per heavy atom. The average molecular weight is 148 g/mol. The van der Waals surface area contributed by atoms with Crippen LogP contribution in [0.25, 0.3) is 0 Å². The molecule has 0 rings (SSSR count). The molecular weight excluding hydrogens is 140 g/mol. The number of carbonyl (C=O) groups is 2. The van der Waals surface area contributed by atoms with Crippen LogP contribution in [-0.4, -0.2) is 19.2 Å². The van der Waals surface area contributed by atoms with Gasteiger partial charge in [0.05, 0.1) is 7.11 Å². The second-order valence-corrected chi connectivity index (χ2v) is 1.33. The van der Waals surface area contributed by atoms with Gasteiger partial charge in [-0.25, -0.2) is 4.79 Å². The molecule has 10 heavy (non-hydrogen) atoms. The van der Waals surface area contributed by atoms with Crippen LogP contribution in [0.3, 0.4) is 0 Å². The van der Waals surface area contributed by atoms with Crippen molar-refractivity contribution >= 4 is 12.1 Å². The molecule has 0 saturated heterocycles. The van der Waals surface area contributed by atoms with Crippen LogP contribution < -0.4 is 0 Å². The molecule has 0 spiro atoms. The summed E-state index contributed by atoms with van der Waals surface area (Å²) in [5.74, 6) is -0.651. The minimum absolute atomic E-state index is 0.124. The van der Waals surface area contributed by atoms with Crippen LogP contribution in [0.15, 0.2) is 0 Å². The van der Waals surface area contributed by atoms with E-state index < -0.39 is 12.1 Å². The summed E-state index contributed by atoms with van der Waals surface area (Å²) in [7, 11) is 1.14. The van der Waals surface area contributed by atoms with Gasteiger partial charge in [-0.2, -0.15) is 4.89 Å². The predicted molar refractivity (Wildman–Crippen MR) is 29.9 cm³/mol. The van der Waals surface area contributed by atoms with E-state index in [4.69, 9.17) is 0 Å². The summed E-state index contributed by atoms with van der Waals surface area (Å²) in [6.07, 6.45) is -1.02. The van der Waals surface area contributed by atoms with E-state index in [0.717, 1.165) is 7.11 Å². The first-order chi connectivity index (χ1) is 4.70. The summed E-state index contributed by atoms with van der Waals surface area (Å²) < 4.78 is 4.01. The molecule has 0 atom stereocenters. The lowest BCUT2D eigenvalue weighted by Gasteiger charge is -1.97. The standard InChI is InChI=1S/C5H8O5/c1-3-4(6)9-5(7)10-8-2/h3H2,1-2H3. The van der Waals surface area contributed by atoms with E-state index >= 15 is 0 Å². The molecule has 0 heterocycles. The molecule has 0 fully saturated rings. The molecule has 0 aromatic heterocycles. The van der Waals surface area contributed by atoms with Gasteiger partial charge in [0.2, 0.25) is 0 Å². The molecule has 0 aromatic carbocycles. The predicted octanol–water partition coefficient (Wildman–Crippen LogP) is 0.638. The number of hydrogen-bond donors (Lipinski definition) is 0. The van der Waals surface area contributed by atoms with Crippen molar-refractivity contribution in [3.8, 4) is 0 Å². The van der Waals surface area contributed by atoms with Gasteiger partial charge in [-0.1, -0.05) is 6.92 Å². The Bertz CT molecular complexity index is 130. The van der Waals surface area contributed by atoms with Crippen LogP contribution in [0.5, 0.6) is 0 Å². The summed E-state index contributed by atoms with van der Waals surface area (Å²) in [6.45, 7) is 1.56. The van der Waals surface area contributed by atoms with E-state index in [2.05, 4.69) is 14.5 Å². The second kappa shape index (κ2) is 4.75. The Balaban J connectivity index is 3.47. The number of carbonyl (C=O) groups excluding carboxylic acids is 2. The molecule has 0 amide bonds. The van der Waals surface area contributed by atoms with Gasteiger partial charge in [0.15, 0.2) is 0 Å². The van der Waals surface area contributed by atoms with Crippen LogP contribution in [0.2, 0.25) is 0 Å². The molecule has 0 saturated carbocycles. The summed E-state index contributed by atoms with van der Waals surface area (Å²) in [5, 5.41) is 0. The Kier molecular flexibility index (Phi) is 4.23. The van der Waals surface area contributed by atoms with Crippen molar-refractivity contribution in [3.05, 3.63) is 0 Å². The van der Waals surface area contributed by atoms with Crippen molar-refractivity contribution in [2.45, 2.75) is 13.3 Å². The van der Waals surface area contributed by atoms with Gasteiger partial charge >= 0.3 is 12.1 Å². The van der Waals surface area contributed by atoms with E-state index in [1.807, 2.05) is 0 Å². The van der Waals surface area contributed by atoms with E-state index in [0.29, 0.717) is 0 Å². The molecule has 0 bridgehead atoms. The zero-order chi connectivity index (χ0) is 7.98. The fourth-order valence-corrected chi connectivity index (χ4v) is 0.250. The highest BCUT2D eigenvalue weighted by molar-refractivity contribution is 5.81. The minimum atomic E-state index is -1.14. The summed E-state index contributed by atoms with van der Waals surface area (Å²) in [5.41, 5.74) is 0. The van der Waals surface area contributed by atoms with E-state index in [9.17, 15) is 9.59 Å². The van der Waals surface area contributed by atoms with Gasteiger partial charge < -0.3 is 4.74 Å². The summed E-state index contributed by atoms with van der Waals surface area (Å²) >= 11 is 0. The monoisotopic (exact) mass is 148 g/mol. The zero-order valence-electron chi connectivity index (χ0n) is 5.75. The maximum atomic E-state index is 10.3. The Morgan fingerprint density at radius 2 is 2.00 bits per heavy atom. The summed E-state index contributed by atoms with van der Waals surface area (Å²) in [6, 6.07) is 0. The third-order valence-electron chi connectivity index (χ3n) is 0.637. The van der Waals surface area contributed by atoms with Crippen molar-refractivity contribution < 1.29 is 24.1 Å². The molecule has 0 aromatic rings. The topological polar surface area (TPSA) is 61.8 Å². The smallest absolute Gasteiger partial charge is 0.359 e. The van der Waals surface area contributed by atoms with Crippen molar-refractivity contribution in [2.24, 2.45) is 0 Å². The molecule has 0 aliphatic carbocycles. The van der Waals surface area contributed by atoms with Crippen molar-refractivity contribution in [2.75, 3.05) is 7.11 Å². The average Bonchev–Trinajstić information content (AvgIpc) is 1.88. The number of rotatable bonds is 2. The van der Waals surface area contributed by atoms with Gasteiger partial charge in [-0.15, -0.1) is 0 Å². The molecule has 0 radical (unpaired) electrons. The Labute approximate surface area is 57.8 Å². The van der Waals surface area contributed by atoms with Gasteiger partial charge in [0.25, 0.3) is 0 Å². The highest BCUT2D eigenvalue weighted by atomic mass is 17.2. The van der Waals surface area contributed by atoms with Crippen molar-refractivity contribution in [1.29, 1.82) is 0 Å². The normalized spacial score (nSPS) is 8.60. The minimum Gasteiger partial charge on any atom is -0.359 e. The molecule has 5 heteroatoms.